The molecule has 0 aliphatic heterocycles. The van der Waals surface area contributed by atoms with Crippen molar-refractivity contribution in [2.75, 3.05) is 0 Å². The van der Waals surface area contributed by atoms with Crippen LogP contribution in [0.25, 0.3) is 0 Å². The quantitative estimate of drug-likeness (QED) is 0.659. The van der Waals surface area contributed by atoms with E-state index in [1.54, 1.807) is 12.1 Å². The molecule has 1 aromatic rings. The van der Waals surface area contributed by atoms with Gasteiger partial charge in [-0.25, -0.2) is 0 Å². The molecule has 0 saturated carbocycles. The van der Waals surface area contributed by atoms with Crippen LogP contribution in [0.4, 0.5) is 0 Å². The summed E-state index contributed by atoms with van der Waals surface area (Å²) in [7, 11) is 0. The van der Waals surface area contributed by atoms with Crippen molar-refractivity contribution in [1.82, 2.24) is 0 Å². The van der Waals surface area contributed by atoms with Gasteiger partial charge in [0.2, 0.25) is 0 Å². The third-order valence-corrected chi connectivity index (χ3v) is 3.01. The highest BCUT2D eigenvalue weighted by molar-refractivity contribution is 6.32. The number of carboxylic acid groups (broad SMARTS) is 1. The van der Waals surface area contributed by atoms with Crippen LogP contribution in [0.2, 0.25) is 5.02 Å². The number of ether oxygens (including phenoxy) is 1. The van der Waals surface area contributed by atoms with Gasteiger partial charge in [-0.2, -0.15) is 0 Å². The predicted molar refractivity (Wildman–Crippen MR) is 68.0 cm³/mol. The predicted octanol–water partition coefficient (Wildman–Crippen LogP) is 3.12. The van der Waals surface area contributed by atoms with Crippen molar-refractivity contribution in [2.24, 2.45) is 0 Å². The first-order valence-corrected chi connectivity index (χ1v) is 5.97. The van der Waals surface area contributed by atoms with Gasteiger partial charge in [0.1, 0.15) is 5.75 Å². The number of hydrogen-bond acceptors (Lipinski definition) is 3. The molecule has 98 valence electrons. The van der Waals surface area contributed by atoms with E-state index in [4.69, 9.17) is 21.4 Å². The van der Waals surface area contributed by atoms with Crippen molar-refractivity contribution < 1.29 is 19.4 Å². The second-order valence-corrected chi connectivity index (χ2v) is 4.47. The Morgan fingerprint density at radius 3 is 2.28 bits per heavy atom. The van der Waals surface area contributed by atoms with E-state index in [2.05, 4.69) is 0 Å². The molecular formula is C13H15ClO4. The lowest BCUT2D eigenvalue weighted by Crippen LogP contribution is -2.09. The highest BCUT2D eigenvalue weighted by atomic mass is 35.5. The maximum Gasteiger partial charge on any atom is 0.311 e. The van der Waals surface area contributed by atoms with Crippen molar-refractivity contribution in [3.8, 4) is 5.75 Å². The van der Waals surface area contributed by atoms with E-state index in [1.165, 1.54) is 0 Å². The summed E-state index contributed by atoms with van der Waals surface area (Å²) >= 11 is 6.00. The fraction of sp³-hybridized carbons (Fsp3) is 0.385. The summed E-state index contributed by atoms with van der Waals surface area (Å²) in [5.41, 5.74) is 1.68. The SMILES string of the molecule is Cc1cc(OC(=O)CCCC(=O)O)cc(C)c1Cl. The van der Waals surface area contributed by atoms with Gasteiger partial charge < -0.3 is 9.84 Å². The van der Waals surface area contributed by atoms with E-state index in [9.17, 15) is 9.59 Å². The molecule has 18 heavy (non-hydrogen) atoms. The smallest absolute Gasteiger partial charge is 0.311 e. The average molecular weight is 271 g/mol. The summed E-state index contributed by atoms with van der Waals surface area (Å²) in [5.74, 6) is -0.909. The van der Waals surface area contributed by atoms with Crippen molar-refractivity contribution in [3.63, 3.8) is 0 Å². The second-order valence-electron chi connectivity index (χ2n) is 4.09. The number of rotatable bonds is 5. The van der Waals surface area contributed by atoms with Gasteiger partial charge in [0.05, 0.1) is 0 Å². The molecule has 0 spiro atoms. The topological polar surface area (TPSA) is 63.6 Å². The van der Waals surface area contributed by atoms with E-state index in [0.717, 1.165) is 11.1 Å². The summed E-state index contributed by atoms with van der Waals surface area (Å²) in [6.07, 6.45) is 0.334. The molecule has 0 radical (unpaired) electrons. The molecule has 0 aliphatic carbocycles. The molecule has 0 amide bonds. The van der Waals surface area contributed by atoms with Crippen LogP contribution in [0, 0.1) is 13.8 Å². The molecule has 4 nitrogen and oxygen atoms in total. The summed E-state index contributed by atoms with van der Waals surface area (Å²) in [6, 6.07) is 3.37. The number of carbonyl (C=O) groups excluding carboxylic acids is 1. The number of aryl methyl sites for hydroxylation is 2. The Morgan fingerprint density at radius 2 is 1.78 bits per heavy atom. The monoisotopic (exact) mass is 270 g/mol. The lowest BCUT2D eigenvalue weighted by Gasteiger charge is -2.08. The Kier molecular flexibility index (Phi) is 5.16. The molecule has 1 aromatic carbocycles. The average Bonchev–Trinajstić information content (AvgIpc) is 2.25. The largest absolute Gasteiger partial charge is 0.481 e. The molecule has 0 saturated heterocycles. The van der Waals surface area contributed by atoms with Crippen LogP contribution in [0.3, 0.4) is 0 Å². The molecular weight excluding hydrogens is 256 g/mol. The molecule has 0 bridgehead atoms. The number of benzene rings is 1. The highest BCUT2D eigenvalue weighted by Gasteiger charge is 2.09. The third kappa shape index (κ3) is 4.37. The van der Waals surface area contributed by atoms with Gasteiger partial charge in [0.25, 0.3) is 0 Å². The van der Waals surface area contributed by atoms with Gasteiger partial charge in [-0.1, -0.05) is 11.6 Å². The molecule has 0 unspecified atom stereocenters. The molecule has 0 heterocycles. The number of halogens is 1. The Bertz CT molecular complexity index is 445. The van der Waals surface area contributed by atoms with Gasteiger partial charge in [0, 0.05) is 17.9 Å². The standard InChI is InChI=1S/C13H15ClO4/c1-8-6-10(7-9(2)13(8)14)18-12(17)5-3-4-11(15)16/h6-7H,3-5H2,1-2H3,(H,15,16). The summed E-state index contributed by atoms with van der Waals surface area (Å²) in [5, 5.41) is 9.11. The van der Waals surface area contributed by atoms with Gasteiger partial charge in [-0.15, -0.1) is 0 Å². The Morgan fingerprint density at radius 1 is 1.22 bits per heavy atom. The van der Waals surface area contributed by atoms with Crippen molar-refractivity contribution in [3.05, 3.63) is 28.3 Å². The lowest BCUT2D eigenvalue weighted by molar-refractivity contribution is -0.137. The minimum absolute atomic E-state index is 0.0340. The van der Waals surface area contributed by atoms with Crippen molar-refractivity contribution in [2.45, 2.75) is 33.1 Å². The number of hydrogen-bond donors (Lipinski definition) is 1. The van der Waals surface area contributed by atoms with Gasteiger partial charge in [-0.05, 0) is 43.5 Å². The normalized spacial score (nSPS) is 10.2. The third-order valence-electron chi connectivity index (χ3n) is 2.41. The zero-order valence-electron chi connectivity index (χ0n) is 10.3. The van der Waals surface area contributed by atoms with Gasteiger partial charge in [0.15, 0.2) is 0 Å². The van der Waals surface area contributed by atoms with Crippen LogP contribution in [0.5, 0.6) is 5.75 Å². The van der Waals surface area contributed by atoms with E-state index in [1.807, 2.05) is 13.8 Å². The minimum Gasteiger partial charge on any atom is -0.481 e. The van der Waals surface area contributed by atoms with E-state index < -0.39 is 11.9 Å². The van der Waals surface area contributed by atoms with Crippen LogP contribution < -0.4 is 4.74 Å². The zero-order valence-corrected chi connectivity index (χ0v) is 11.1. The molecule has 0 aromatic heterocycles. The van der Waals surface area contributed by atoms with Crippen LogP contribution in [0.15, 0.2) is 12.1 Å². The first-order valence-electron chi connectivity index (χ1n) is 5.59. The maximum atomic E-state index is 11.5. The number of aliphatic carboxylic acids is 1. The Labute approximate surface area is 111 Å². The van der Waals surface area contributed by atoms with Crippen LogP contribution in [0.1, 0.15) is 30.4 Å². The lowest BCUT2D eigenvalue weighted by atomic mass is 10.1. The zero-order chi connectivity index (χ0) is 13.7. The van der Waals surface area contributed by atoms with Crippen LogP contribution in [-0.2, 0) is 9.59 Å². The number of esters is 1. The number of carbonyl (C=O) groups is 2. The van der Waals surface area contributed by atoms with E-state index >= 15 is 0 Å². The van der Waals surface area contributed by atoms with E-state index in [-0.39, 0.29) is 19.3 Å². The second kappa shape index (κ2) is 6.40. The number of carboxylic acids is 1. The molecule has 1 N–H and O–H groups in total. The van der Waals surface area contributed by atoms with Crippen molar-refractivity contribution in [1.29, 1.82) is 0 Å². The minimum atomic E-state index is -0.916. The molecule has 1 rings (SSSR count). The van der Waals surface area contributed by atoms with E-state index in [0.29, 0.717) is 10.8 Å². The highest BCUT2D eigenvalue weighted by Crippen LogP contribution is 2.26. The van der Waals surface area contributed by atoms with Gasteiger partial charge in [-0.3, -0.25) is 9.59 Å². The van der Waals surface area contributed by atoms with Gasteiger partial charge >= 0.3 is 11.9 Å². The van der Waals surface area contributed by atoms with Crippen molar-refractivity contribution >= 4 is 23.5 Å². The summed E-state index contributed by atoms with van der Waals surface area (Å²) in [6.45, 7) is 3.66. The molecule has 0 atom stereocenters. The Balaban J connectivity index is 2.57. The van der Waals surface area contributed by atoms with Crippen LogP contribution >= 0.6 is 11.6 Å². The molecule has 0 aliphatic rings. The Hall–Kier alpha value is -1.55. The first-order chi connectivity index (χ1) is 8.40. The first kappa shape index (κ1) is 14.5. The fourth-order valence-electron chi connectivity index (χ4n) is 1.53. The summed E-state index contributed by atoms with van der Waals surface area (Å²) < 4.78 is 5.12. The fourth-order valence-corrected chi connectivity index (χ4v) is 1.64. The van der Waals surface area contributed by atoms with Crippen LogP contribution in [-0.4, -0.2) is 17.0 Å². The molecule has 5 heteroatoms. The summed E-state index contributed by atoms with van der Waals surface area (Å²) in [4.78, 5) is 21.8. The molecule has 0 fully saturated rings. The maximum absolute atomic E-state index is 11.5.